The number of carbonyl (C=O) groups excluding carboxylic acids is 1. The molecule has 2 aromatic heterocycles. The van der Waals surface area contributed by atoms with Crippen molar-refractivity contribution in [3.63, 3.8) is 0 Å². The summed E-state index contributed by atoms with van der Waals surface area (Å²) >= 11 is 1.59. The highest BCUT2D eigenvalue weighted by molar-refractivity contribution is 7.08. The Morgan fingerprint density at radius 2 is 2.00 bits per heavy atom. The number of hydrogen-bond acceptors (Lipinski definition) is 5. The highest BCUT2D eigenvalue weighted by atomic mass is 32.1. The quantitative estimate of drug-likeness (QED) is 0.720. The van der Waals surface area contributed by atoms with Crippen LogP contribution in [0.2, 0.25) is 0 Å². The van der Waals surface area contributed by atoms with Crippen LogP contribution >= 0.6 is 11.3 Å². The maximum Gasteiger partial charge on any atom is 0.315 e. The number of ether oxygens (including phenoxy) is 1. The van der Waals surface area contributed by atoms with Crippen LogP contribution in [0.1, 0.15) is 11.3 Å². The fourth-order valence-electron chi connectivity index (χ4n) is 2.05. The van der Waals surface area contributed by atoms with Crippen molar-refractivity contribution in [1.82, 2.24) is 25.6 Å². The van der Waals surface area contributed by atoms with Gasteiger partial charge >= 0.3 is 6.03 Å². The fourth-order valence-corrected chi connectivity index (χ4v) is 2.67. The van der Waals surface area contributed by atoms with E-state index in [0.29, 0.717) is 18.8 Å². The summed E-state index contributed by atoms with van der Waals surface area (Å²) in [4.78, 5) is 11.8. The van der Waals surface area contributed by atoms with Gasteiger partial charge < -0.3 is 15.4 Å². The number of thiophene rings is 1. The van der Waals surface area contributed by atoms with Crippen LogP contribution in [-0.4, -0.2) is 28.1 Å². The first kappa shape index (κ1) is 16.0. The van der Waals surface area contributed by atoms with E-state index in [1.165, 1.54) is 0 Å². The molecular weight excluding hydrogens is 326 g/mol. The largest absolute Gasteiger partial charge is 0.497 e. The van der Waals surface area contributed by atoms with Gasteiger partial charge in [-0.25, -0.2) is 9.48 Å². The minimum atomic E-state index is -0.254. The molecule has 0 bridgehead atoms. The lowest BCUT2D eigenvalue weighted by Crippen LogP contribution is -2.34. The molecule has 8 heteroatoms. The number of nitrogens with one attached hydrogen (secondary N) is 2. The smallest absolute Gasteiger partial charge is 0.315 e. The van der Waals surface area contributed by atoms with Gasteiger partial charge in [0.25, 0.3) is 0 Å². The standard InChI is InChI=1S/C16H17N5O2S/c1-23-15-4-2-12(3-5-15)8-17-16(22)18-9-13-10-21(20-19-13)14-6-7-24-11-14/h2-7,10-11H,8-9H2,1H3,(H2,17,18,22). The molecule has 3 aromatic rings. The lowest BCUT2D eigenvalue weighted by molar-refractivity contribution is 0.240. The lowest BCUT2D eigenvalue weighted by Gasteiger charge is -2.07. The van der Waals surface area contributed by atoms with Crippen molar-refractivity contribution in [3.8, 4) is 11.4 Å². The summed E-state index contributed by atoms with van der Waals surface area (Å²) in [6.45, 7) is 0.760. The van der Waals surface area contributed by atoms with Crippen molar-refractivity contribution in [2.24, 2.45) is 0 Å². The molecule has 0 fully saturated rings. The molecule has 0 aliphatic heterocycles. The summed E-state index contributed by atoms with van der Waals surface area (Å²) in [5.41, 5.74) is 2.65. The number of urea groups is 1. The molecule has 24 heavy (non-hydrogen) atoms. The van der Waals surface area contributed by atoms with E-state index in [2.05, 4.69) is 20.9 Å². The van der Waals surface area contributed by atoms with E-state index >= 15 is 0 Å². The molecule has 3 rings (SSSR count). The van der Waals surface area contributed by atoms with Crippen LogP contribution in [0.15, 0.2) is 47.3 Å². The molecule has 2 N–H and O–H groups in total. The first-order chi connectivity index (χ1) is 11.7. The van der Waals surface area contributed by atoms with Crippen molar-refractivity contribution in [1.29, 1.82) is 0 Å². The van der Waals surface area contributed by atoms with Gasteiger partial charge in [-0.15, -0.1) is 5.10 Å². The van der Waals surface area contributed by atoms with Crippen molar-refractivity contribution >= 4 is 17.4 Å². The number of methoxy groups -OCH3 is 1. The Kier molecular flexibility index (Phi) is 5.07. The third-order valence-electron chi connectivity index (χ3n) is 3.35. The van der Waals surface area contributed by atoms with Gasteiger partial charge in [0, 0.05) is 11.9 Å². The summed E-state index contributed by atoms with van der Waals surface area (Å²) in [5.74, 6) is 0.789. The van der Waals surface area contributed by atoms with Crippen LogP contribution < -0.4 is 15.4 Å². The number of aromatic nitrogens is 3. The van der Waals surface area contributed by atoms with Crippen LogP contribution in [0.25, 0.3) is 5.69 Å². The van der Waals surface area contributed by atoms with Crippen LogP contribution in [-0.2, 0) is 13.1 Å². The zero-order chi connectivity index (χ0) is 16.8. The first-order valence-corrected chi connectivity index (χ1v) is 8.27. The lowest BCUT2D eigenvalue weighted by atomic mass is 10.2. The van der Waals surface area contributed by atoms with Gasteiger partial charge in [0.15, 0.2) is 0 Å². The molecule has 0 saturated heterocycles. The predicted octanol–water partition coefficient (Wildman–Crippen LogP) is 2.34. The maximum atomic E-state index is 11.8. The predicted molar refractivity (Wildman–Crippen MR) is 91.3 cm³/mol. The van der Waals surface area contributed by atoms with Crippen LogP contribution in [0.4, 0.5) is 4.79 Å². The van der Waals surface area contributed by atoms with Crippen molar-refractivity contribution in [2.75, 3.05) is 7.11 Å². The number of amides is 2. The molecule has 124 valence electrons. The molecule has 0 aliphatic rings. The average Bonchev–Trinajstić information content (AvgIpc) is 3.29. The summed E-state index contributed by atoms with van der Waals surface area (Å²) in [6.07, 6.45) is 1.80. The van der Waals surface area contributed by atoms with Gasteiger partial charge in [-0.3, -0.25) is 0 Å². The molecule has 0 aliphatic carbocycles. The Morgan fingerprint density at radius 1 is 1.21 bits per heavy atom. The third kappa shape index (κ3) is 4.11. The number of nitrogens with zero attached hydrogens (tertiary/aromatic N) is 3. The summed E-state index contributed by atoms with van der Waals surface area (Å²) in [5, 5.41) is 17.6. The van der Waals surface area contributed by atoms with E-state index in [0.717, 1.165) is 17.0 Å². The summed E-state index contributed by atoms with van der Waals surface area (Å²) < 4.78 is 6.78. The minimum Gasteiger partial charge on any atom is -0.497 e. The number of benzene rings is 1. The van der Waals surface area contributed by atoms with E-state index in [1.54, 1.807) is 29.3 Å². The highest BCUT2D eigenvalue weighted by Gasteiger charge is 2.05. The van der Waals surface area contributed by atoms with E-state index < -0.39 is 0 Å². The highest BCUT2D eigenvalue weighted by Crippen LogP contribution is 2.11. The topological polar surface area (TPSA) is 81.1 Å². The summed E-state index contributed by atoms with van der Waals surface area (Å²) in [6, 6.07) is 9.24. The second kappa shape index (κ2) is 7.60. The van der Waals surface area contributed by atoms with Crippen molar-refractivity contribution in [3.05, 3.63) is 58.5 Å². The zero-order valence-electron chi connectivity index (χ0n) is 13.1. The monoisotopic (exact) mass is 343 g/mol. The Morgan fingerprint density at radius 3 is 2.71 bits per heavy atom. The Balaban J connectivity index is 1.45. The molecule has 0 atom stereocenters. The Hall–Kier alpha value is -2.87. The molecule has 1 aromatic carbocycles. The average molecular weight is 343 g/mol. The molecule has 7 nitrogen and oxygen atoms in total. The Bertz CT molecular complexity index is 783. The molecule has 2 heterocycles. The first-order valence-electron chi connectivity index (χ1n) is 7.33. The summed E-state index contributed by atoms with van der Waals surface area (Å²) in [7, 11) is 1.62. The molecule has 0 radical (unpaired) electrons. The van der Waals surface area contributed by atoms with Crippen LogP contribution in [0.3, 0.4) is 0 Å². The van der Waals surface area contributed by atoms with Gasteiger partial charge in [0.05, 0.1) is 25.5 Å². The third-order valence-corrected chi connectivity index (χ3v) is 4.02. The number of carbonyl (C=O) groups is 1. The van der Waals surface area contributed by atoms with E-state index in [4.69, 9.17) is 4.74 Å². The van der Waals surface area contributed by atoms with Gasteiger partial charge in [-0.1, -0.05) is 17.3 Å². The van der Waals surface area contributed by atoms with Crippen molar-refractivity contribution in [2.45, 2.75) is 13.1 Å². The number of hydrogen-bond donors (Lipinski definition) is 2. The normalized spacial score (nSPS) is 10.4. The van der Waals surface area contributed by atoms with Gasteiger partial charge in [-0.2, -0.15) is 11.3 Å². The minimum absolute atomic E-state index is 0.254. The zero-order valence-corrected chi connectivity index (χ0v) is 13.9. The van der Waals surface area contributed by atoms with Gasteiger partial charge in [-0.05, 0) is 29.1 Å². The fraction of sp³-hybridized carbons (Fsp3) is 0.188. The maximum absolute atomic E-state index is 11.8. The second-order valence-corrected chi connectivity index (χ2v) is 5.80. The van der Waals surface area contributed by atoms with E-state index in [9.17, 15) is 4.79 Å². The Labute approximate surface area is 143 Å². The molecule has 0 saturated carbocycles. The SMILES string of the molecule is COc1ccc(CNC(=O)NCc2cn(-c3ccsc3)nn2)cc1. The van der Waals surface area contributed by atoms with Crippen LogP contribution in [0.5, 0.6) is 5.75 Å². The van der Waals surface area contributed by atoms with Gasteiger partial charge in [0.2, 0.25) is 0 Å². The second-order valence-electron chi connectivity index (χ2n) is 5.02. The van der Waals surface area contributed by atoms with E-state index in [1.807, 2.05) is 41.1 Å². The van der Waals surface area contributed by atoms with Crippen molar-refractivity contribution < 1.29 is 9.53 Å². The molecular formula is C16H17N5O2S. The van der Waals surface area contributed by atoms with E-state index in [-0.39, 0.29) is 6.03 Å². The number of rotatable bonds is 6. The van der Waals surface area contributed by atoms with Gasteiger partial charge in [0.1, 0.15) is 11.4 Å². The van der Waals surface area contributed by atoms with Crippen LogP contribution in [0, 0.1) is 0 Å². The molecule has 0 unspecified atom stereocenters. The molecule has 0 spiro atoms. The molecule has 2 amide bonds.